The normalized spacial score (nSPS) is 17.3. The Morgan fingerprint density at radius 2 is 2.17 bits per heavy atom. The summed E-state index contributed by atoms with van der Waals surface area (Å²) in [6.45, 7) is 1.51. The Labute approximate surface area is 105 Å². The van der Waals surface area contributed by atoms with Crippen molar-refractivity contribution in [2.24, 2.45) is 5.73 Å². The minimum atomic E-state index is 0.0880. The number of nitrogens with two attached hydrogens (primary N) is 1. The van der Waals surface area contributed by atoms with E-state index < -0.39 is 0 Å². The van der Waals surface area contributed by atoms with Gasteiger partial charge in [-0.15, -0.1) is 0 Å². The highest BCUT2D eigenvalue weighted by atomic mass is 16.2. The van der Waals surface area contributed by atoms with Crippen LogP contribution < -0.4 is 5.73 Å². The third-order valence-electron chi connectivity index (χ3n) is 3.51. The standard InChI is InChI=1S/C13H16N4O/c14-11-3-5-17(6-4-11)13(18)9-1-2-12-10(7-9)8-15-16-12/h1-2,7-8,11H,3-6,14H2,(H,15,16). The zero-order valence-corrected chi connectivity index (χ0v) is 10.1. The maximum atomic E-state index is 12.3. The molecular weight excluding hydrogens is 228 g/mol. The van der Waals surface area contributed by atoms with Gasteiger partial charge in [0, 0.05) is 30.1 Å². The summed E-state index contributed by atoms with van der Waals surface area (Å²) in [5.41, 5.74) is 7.52. The molecule has 5 nitrogen and oxygen atoms in total. The van der Waals surface area contributed by atoms with Gasteiger partial charge >= 0.3 is 0 Å². The molecule has 1 aliphatic rings. The molecule has 1 aromatic carbocycles. The van der Waals surface area contributed by atoms with Gasteiger partial charge in [-0.25, -0.2) is 0 Å². The average molecular weight is 244 g/mol. The number of aromatic nitrogens is 2. The maximum Gasteiger partial charge on any atom is 0.253 e. The van der Waals surface area contributed by atoms with Gasteiger partial charge in [0.25, 0.3) is 5.91 Å². The van der Waals surface area contributed by atoms with Crippen molar-refractivity contribution in [2.45, 2.75) is 18.9 Å². The Balaban J connectivity index is 1.82. The van der Waals surface area contributed by atoms with Crippen LogP contribution in [0.5, 0.6) is 0 Å². The number of nitrogens with one attached hydrogen (secondary N) is 1. The quantitative estimate of drug-likeness (QED) is 0.789. The van der Waals surface area contributed by atoms with Crippen molar-refractivity contribution < 1.29 is 4.79 Å². The first kappa shape index (κ1) is 11.2. The number of nitrogens with zero attached hydrogens (tertiary/aromatic N) is 2. The number of rotatable bonds is 1. The van der Waals surface area contributed by atoms with Gasteiger partial charge in [-0.3, -0.25) is 9.89 Å². The molecule has 3 N–H and O–H groups in total. The number of benzene rings is 1. The number of amides is 1. The van der Waals surface area contributed by atoms with Crippen LogP contribution in [-0.4, -0.2) is 40.1 Å². The Kier molecular flexibility index (Phi) is 2.76. The van der Waals surface area contributed by atoms with Crippen molar-refractivity contribution in [1.29, 1.82) is 0 Å². The molecule has 18 heavy (non-hydrogen) atoms. The largest absolute Gasteiger partial charge is 0.339 e. The average Bonchev–Trinajstić information content (AvgIpc) is 2.86. The number of fused-ring (bicyclic) bond motifs is 1. The molecule has 0 bridgehead atoms. The highest BCUT2D eigenvalue weighted by Gasteiger charge is 2.21. The highest BCUT2D eigenvalue weighted by Crippen LogP contribution is 2.17. The van der Waals surface area contributed by atoms with E-state index >= 15 is 0 Å². The summed E-state index contributed by atoms with van der Waals surface area (Å²) in [7, 11) is 0. The second-order valence-electron chi connectivity index (χ2n) is 4.80. The van der Waals surface area contributed by atoms with Crippen molar-refractivity contribution in [2.75, 3.05) is 13.1 Å². The lowest BCUT2D eigenvalue weighted by Gasteiger charge is -2.30. The van der Waals surface area contributed by atoms with Gasteiger partial charge in [-0.2, -0.15) is 5.10 Å². The molecule has 0 spiro atoms. The molecule has 2 heterocycles. The molecule has 1 fully saturated rings. The van der Waals surface area contributed by atoms with Crippen LogP contribution in [0.2, 0.25) is 0 Å². The Hall–Kier alpha value is -1.88. The Bertz CT molecular complexity index is 569. The first-order chi connectivity index (χ1) is 8.74. The maximum absolute atomic E-state index is 12.3. The molecule has 1 aromatic heterocycles. The van der Waals surface area contributed by atoms with Crippen LogP contribution in [0.1, 0.15) is 23.2 Å². The molecule has 1 saturated heterocycles. The molecule has 1 aliphatic heterocycles. The van der Waals surface area contributed by atoms with Gasteiger partial charge in [0.1, 0.15) is 0 Å². The number of aromatic amines is 1. The summed E-state index contributed by atoms with van der Waals surface area (Å²) in [6, 6.07) is 5.86. The van der Waals surface area contributed by atoms with E-state index in [4.69, 9.17) is 5.73 Å². The minimum absolute atomic E-state index is 0.0880. The van der Waals surface area contributed by atoms with E-state index in [1.807, 2.05) is 23.1 Å². The van der Waals surface area contributed by atoms with Crippen molar-refractivity contribution in [3.05, 3.63) is 30.0 Å². The van der Waals surface area contributed by atoms with Crippen LogP contribution in [0, 0.1) is 0 Å². The number of H-pyrrole nitrogens is 1. The second kappa shape index (κ2) is 4.42. The van der Waals surface area contributed by atoms with E-state index in [1.54, 1.807) is 6.20 Å². The van der Waals surface area contributed by atoms with E-state index in [0.717, 1.165) is 42.4 Å². The Morgan fingerprint density at radius 3 is 2.94 bits per heavy atom. The lowest BCUT2D eigenvalue weighted by atomic mass is 10.0. The number of carbonyl (C=O) groups excluding carboxylic acids is 1. The molecular formula is C13H16N4O. The van der Waals surface area contributed by atoms with Crippen LogP contribution in [0.15, 0.2) is 24.4 Å². The molecule has 5 heteroatoms. The molecule has 3 rings (SSSR count). The molecule has 0 radical (unpaired) electrons. The third kappa shape index (κ3) is 1.97. The fourth-order valence-corrected chi connectivity index (χ4v) is 2.36. The first-order valence-electron chi connectivity index (χ1n) is 6.22. The first-order valence-corrected chi connectivity index (χ1v) is 6.22. The van der Waals surface area contributed by atoms with Gasteiger partial charge in [0.15, 0.2) is 0 Å². The van der Waals surface area contributed by atoms with Gasteiger partial charge in [-0.05, 0) is 31.0 Å². The van der Waals surface area contributed by atoms with Crippen LogP contribution in [0.25, 0.3) is 10.9 Å². The number of hydrogen-bond donors (Lipinski definition) is 2. The van der Waals surface area contributed by atoms with Crippen LogP contribution in [-0.2, 0) is 0 Å². The van der Waals surface area contributed by atoms with Crippen LogP contribution in [0.4, 0.5) is 0 Å². The zero-order chi connectivity index (χ0) is 12.5. The van der Waals surface area contributed by atoms with Crippen LogP contribution >= 0.6 is 0 Å². The van der Waals surface area contributed by atoms with E-state index in [1.165, 1.54) is 0 Å². The van der Waals surface area contributed by atoms with Crippen molar-refractivity contribution in [3.63, 3.8) is 0 Å². The topological polar surface area (TPSA) is 75.0 Å². The lowest BCUT2D eigenvalue weighted by molar-refractivity contribution is 0.0715. The third-order valence-corrected chi connectivity index (χ3v) is 3.51. The highest BCUT2D eigenvalue weighted by molar-refractivity contribution is 5.97. The fraction of sp³-hybridized carbons (Fsp3) is 0.385. The van der Waals surface area contributed by atoms with Crippen molar-refractivity contribution in [3.8, 4) is 0 Å². The fourth-order valence-electron chi connectivity index (χ4n) is 2.36. The zero-order valence-electron chi connectivity index (χ0n) is 10.1. The summed E-state index contributed by atoms with van der Waals surface area (Å²) in [4.78, 5) is 14.2. The molecule has 0 atom stereocenters. The second-order valence-corrected chi connectivity index (χ2v) is 4.80. The predicted octanol–water partition coefficient (Wildman–Crippen LogP) is 1.13. The summed E-state index contributed by atoms with van der Waals surface area (Å²) in [6.07, 6.45) is 3.51. The van der Waals surface area contributed by atoms with E-state index in [2.05, 4.69) is 10.2 Å². The number of piperidine rings is 1. The van der Waals surface area contributed by atoms with Gasteiger partial charge in [0.2, 0.25) is 0 Å². The molecule has 1 amide bonds. The lowest BCUT2D eigenvalue weighted by Crippen LogP contribution is -2.42. The smallest absolute Gasteiger partial charge is 0.253 e. The van der Waals surface area contributed by atoms with E-state index in [-0.39, 0.29) is 11.9 Å². The van der Waals surface area contributed by atoms with E-state index in [9.17, 15) is 4.79 Å². The summed E-state index contributed by atoms with van der Waals surface area (Å²) >= 11 is 0. The molecule has 0 aliphatic carbocycles. The number of likely N-dealkylation sites (tertiary alicyclic amines) is 1. The molecule has 0 unspecified atom stereocenters. The van der Waals surface area contributed by atoms with E-state index in [0.29, 0.717) is 0 Å². The Morgan fingerprint density at radius 1 is 1.39 bits per heavy atom. The molecule has 0 saturated carbocycles. The van der Waals surface area contributed by atoms with Crippen molar-refractivity contribution >= 4 is 16.8 Å². The molecule has 94 valence electrons. The van der Waals surface area contributed by atoms with Gasteiger partial charge in [0.05, 0.1) is 11.7 Å². The minimum Gasteiger partial charge on any atom is -0.339 e. The molecule has 2 aromatic rings. The van der Waals surface area contributed by atoms with Crippen LogP contribution in [0.3, 0.4) is 0 Å². The predicted molar refractivity (Wildman–Crippen MR) is 69.2 cm³/mol. The summed E-state index contributed by atoms with van der Waals surface area (Å²) in [5.74, 6) is 0.0880. The SMILES string of the molecule is NC1CCN(C(=O)c2ccc3[nH]ncc3c2)CC1. The van der Waals surface area contributed by atoms with Gasteiger partial charge in [-0.1, -0.05) is 0 Å². The summed E-state index contributed by atoms with van der Waals surface area (Å²) < 4.78 is 0. The monoisotopic (exact) mass is 244 g/mol. The number of hydrogen-bond acceptors (Lipinski definition) is 3. The number of carbonyl (C=O) groups is 1. The van der Waals surface area contributed by atoms with Crippen molar-refractivity contribution in [1.82, 2.24) is 15.1 Å². The summed E-state index contributed by atoms with van der Waals surface area (Å²) in [5, 5.41) is 7.80. The van der Waals surface area contributed by atoms with Gasteiger partial charge < -0.3 is 10.6 Å².